The molecule has 0 radical (unpaired) electrons. The lowest BCUT2D eigenvalue weighted by Crippen LogP contribution is -2.53. The summed E-state index contributed by atoms with van der Waals surface area (Å²) < 4.78 is 0. The first-order valence-electron chi connectivity index (χ1n) is 9.00. The minimum absolute atomic E-state index is 0.125. The Hall–Kier alpha value is -1.35. The molecule has 2 rings (SSSR count). The van der Waals surface area contributed by atoms with Crippen molar-refractivity contribution in [1.82, 2.24) is 10.2 Å². The number of carbonyl (C=O) groups excluding carboxylic acids is 1. The van der Waals surface area contributed by atoms with E-state index in [4.69, 9.17) is 0 Å². The molecule has 1 amide bonds. The molecule has 0 aromatic heterocycles. The average Bonchev–Trinajstić information content (AvgIpc) is 2.42. The van der Waals surface area contributed by atoms with E-state index >= 15 is 0 Å². The second-order valence-corrected chi connectivity index (χ2v) is 7.83. The van der Waals surface area contributed by atoms with Crippen molar-refractivity contribution in [1.29, 1.82) is 0 Å². The highest BCUT2D eigenvalue weighted by Crippen LogP contribution is 2.41. The summed E-state index contributed by atoms with van der Waals surface area (Å²) in [6, 6.07) is 10.4. The van der Waals surface area contributed by atoms with Gasteiger partial charge in [-0.05, 0) is 36.7 Å². The Balaban J connectivity index is 1.99. The fourth-order valence-corrected chi connectivity index (χ4v) is 3.52. The maximum absolute atomic E-state index is 12.6. The molecule has 1 aromatic rings. The highest BCUT2D eigenvalue weighted by Gasteiger charge is 2.39. The summed E-state index contributed by atoms with van der Waals surface area (Å²) in [7, 11) is 0. The van der Waals surface area contributed by atoms with E-state index in [2.05, 4.69) is 62.2 Å². The number of rotatable bonds is 8. The quantitative estimate of drug-likeness (QED) is 0.791. The van der Waals surface area contributed by atoms with Crippen molar-refractivity contribution in [2.45, 2.75) is 52.5 Å². The summed E-state index contributed by atoms with van der Waals surface area (Å²) in [5.41, 5.74) is 1.12. The van der Waals surface area contributed by atoms with Gasteiger partial charge < -0.3 is 5.32 Å². The number of carbonyl (C=O) groups is 1. The van der Waals surface area contributed by atoms with Crippen molar-refractivity contribution >= 4 is 5.91 Å². The highest BCUT2D eigenvalue weighted by atomic mass is 16.2. The number of benzene rings is 1. The van der Waals surface area contributed by atoms with Gasteiger partial charge in [0.1, 0.15) is 0 Å². The van der Waals surface area contributed by atoms with Gasteiger partial charge in [0.15, 0.2) is 0 Å². The van der Waals surface area contributed by atoms with Crippen LogP contribution >= 0.6 is 0 Å². The lowest BCUT2D eigenvalue weighted by atomic mass is 9.72. The van der Waals surface area contributed by atoms with Crippen LogP contribution in [0.3, 0.4) is 0 Å². The van der Waals surface area contributed by atoms with Crippen LogP contribution in [0.4, 0.5) is 0 Å². The Morgan fingerprint density at radius 2 is 1.65 bits per heavy atom. The van der Waals surface area contributed by atoms with Crippen molar-refractivity contribution in [2.75, 3.05) is 19.6 Å². The van der Waals surface area contributed by atoms with Gasteiger partial charge in [-0.15, -0.1) is 0 Å². The van der Waals surface area contributed by atoms with E-state index < -0.39 is 0 Å². The largest absolute Gasteiger partial charge is 0.345 e. The van der Waals surface area contributed by atoms with Gasteiger partial charge in [0.2, 0.25) is 5.91 Å². The van der Waals surface area contributed by atoms with Crippen molar-refractivity contribution in [3.63, 3.8) is 0 Å². The van der Waals surface area contributed by atoms with Crippen LogP contribution in [0.5, 0.6) is 0 Å². The van der Waals surface area contributed by atoms with Crippen molar-refractivity contribution in [3.05, 3.63) is 35.9 Å². The summed E-state index contributed by atoms with van der Waals surface area (Å²) >= 11 is 0. The van der Waals surface area contributed by atoms with Crippen LogP contribution in [-0.2, 0) is 10.3 Å². The summed E-state index contributed by atoms with van der Waals surface area (Å²) in [6.07, 6.45) is 3.30. The molecule has 0 unspecified atom stereocenters. The van der Waals surface area contributed by atoms with Crippen molar-refractivity contribution in [3.8, 4) is 0 Å². The molecule has 3 nitrogen and oxygen atoms in total. The van der Waals surface area contributed by atoms with E-state index in [9.17, 15) is 4.79 Å². The molecule has 0 aliphatic heterocycles. The normalized spacial score (nSPS) is 16.7. The fourth-order valence-electron chi connectivity index (χ4n) is 3.52. The summed E-state index contributed by atoms with van der Waals surface area (Å²) in [5.74, 6) is 1.32. The third kappa shape index (κ3) is 5.07. The van der Waals surface area contributed by atoms with Gasteiger partial charge in [-0.25, -0.2) is 0 Å². The lowest BCUT2D eigenvalue weighted by molar-refractivity contribution is -0.125. The topological polar surface area (TPSA) is 32.3 Å². The van der Waals surface area contributed by atoms with E-state index in [1.807, 2.05) is 6.07 Å². The predicted octanol–water partition coefficient (Wildman–Crippen LogP) is 3.80. The van der Waals surface area contributed by atoms with Crippen LogP contribution in [0.1, 0.15) is 52.5 Å². The Morgan fingerprint density at radius 1 is 1.09 bits per heavy atom. The molecule has 0 bridgehead atoms. The van der Waals surface area contributed by atoms with Crippen LogP contribution in [0.25, 0.3) is 0 Å². The number of amides is 1. The number of nitrogens with one attached hydrogen (secondary N) is 1. The molecule has 0 saturated heterocycles. The monoisotopic (exact) mass is 316 g/mol. The molecule has 23 heavy (non-hydrogen) atoms. The first-order valence-corrected chi connectivity index (χ1v) is 9.00. The number of nitrogens with zero attached hydrogens (tertiary/aromatic N) is 1. The molecule has 0 spiro atoms. The molecule has 1 aromatic carbocycles. The number of hydrogen-bond acceptors (Lipinski definition) is 2. The van der Waals surface area contributed by atoms with Gasteiger partial charge in [0.05, 0.1) is 12.1 Å². The second kappa shape index (κ2) is 7.96. The van der Waals surface area contributed by atoms with Crippen molar-refractivity contribution < 1.29 is 4.79 Å². The summed E-state index contributed by atoms with van der Waals surface area (Å²) in [4.78, 5) is 14.9. The van der Waals surface area contributed by atoms with Gasteiger partial charge in [-0.2, -0.15) is 0 Å². The van der Waals surface area contributed by atoms with Crippen LogP contribution in [0.2, 0.25) is 0 Å². The van der Waals surface area contributed by atoms with E-state index in [1.165, 1.54) is 12.0 Å². The zero-order valence-electron chi connectivity index (χ0n) is 15.1. The van der Waals surface area contributed by atoms with Crippen LogP contribution < -0.4 is 5.32 Å². The lowest BCUT2D eigenvalue weighted by Gasteiger charge is -2.43. The first-order chi connectivity index (χ1) is 10.9. The van der Waals surface area contributed by atoms with E-state index in [0.717, 1.165) is 25.9 Å². The highest BCUT2D eigenvalue weighted by molar-refractivity contribution is 5.79. The number of hydrogen-bond donors (Lipinski definition) is 1. The predicted molar refractivity (Wildman–Crippen MR) is 96.2 cm³/mol. The molecule has 3 heteroatoms. The van der Waals surface area contributed by atoms with Gasteiger partial charge in [0, 0.05) is 13.1 Å². The maximum atomic E-state index is 12.6. The molecule has 0 heterocycles. The van der Waals surface area contributed by atoms with E-state index in [-0.39, 0.29) is 11.4 Å². The Morgan fingerprint density at radius 3 is 2.09 bits per heavy atom. The molecule has 1 saturated carbocycles. The average molecular weight is 316 g/mol. The van der Waals surface area contributed by atoms with Crippen molar-refractivity contribution in [2.24, 2.45) is 11.8 Å². The van der Waals surface area contributed by atoms with Gasteiger partial charge in [0.25, 0.3) is 0 Å². The molecule has 0 atom stereocenters. The summed E-state index contributed by atoms with van der Waals surface area (Å²) in [5, 5.41) is 3.34. The molecule has 1 aliphatic carbocycles. The van der Waals surface area contributed by atoms with E-state index in [1.54, 1.807) is 0 Å². The fraction of sp³-hybridized carbons (Fsp3) is 0.650. The third-order valence-corrected chi connectivity index (χ3v) is 4.53. The Labute approximate surface area is 141 Å². The molecule has 128 valence electrons. The SMILES string of the molecule is CC(C)CN(CC(=O)NC1(c2ccccc2)CCC1)CC(C)C. The minimum Gasteiger partial charge on any atom is -0.345 e. The second-order valence-electron chi connectivity index (χ2n) is 7.83. The van der Waals surface area contributed by atoms with Crippen LogP contribution in [0, 0.1) is 11.8 Å². The Bertz CT molecular complexity index is 482. The van der Waals surface area contributed by atoms with Gasteiger partial charge >= 0.3 is 0 Å². The van der Waals surface area contributed by atoms with Crippen LogP contribution in [0.15, 0.2) is 30.3 Å². The summed E-state index contributed by atoms with van der Waals surface area (Å²) in [6.45, 7) is 11.3. The third-order valence-electron chi connectivity index (χ3n) is 4.53. The molecule has 1 N–H and O–H groups in total. The molecule has 1 fully saturated rings. The zero-order valence-corrected chi connectivity index (χ0v) is 15.1. The van der Waals surface area contributed by atoms with Gasteiger partial charge in [-0.1, -0.05) is 58.0 Å². The standard InChI is InChI=1S/C20H32N2O/c1-16(2)13-22(14-17(3)4)15-19(23)21-20(11-8-12-20)18-9-6-5-7-10-18/h5-7,9-10,16-17H,8,11-15H2,1-4H3,(H,21,23). The smallest absolute Gasteiger partial charge is 0.234 e. The first kappa shape index (κ1) is 18.0. The van der Waals surface area contributed by atoms with E-state index in [0.29, 0.717) is 18.4 Å². The molecule has 1 aliphatic rings. The zero-order chi connectivity index (χ0) is 16.9. The molecular weight excluding hydrogens is 284 g/mol. The minimum atomic E-state index is -0.125. The Kier molecular flexibility index (Phi) is 6.23. The maximum Gasteiger partial charge on any atom is 0.234 e. The van der Waals surface area contributed by atoms with Gasteiger partial charge in [-0.3, -0.25) is 9.69 Å². The molecular formula is C20H32N2O. The van der Waals surface area contributed by atoms with Crippen LogP contribution in [-0.4, -0.2) is 30.4 Å².